The van der Waals surface area contributed by atoms with Gasteiger partial charge in [0.25, 0.3) is 0 Å². The highest BCUT2D eigenvalue weighted by Crippen LogP contribution is 2.39. The van der Waals surface area contributed by atoms with Crippen LogP contribution in [0.1, 0.15) is 101 Å². The fraction of sp³-hybridized carbons (Fsp3) is 0.462. The van der Waals surface area contributed by atoms with E-state index >= 15 is 0 Å². The van der Waals surface area contributed by atoms with Crippen LogP contribution < -0.4 is 0 Å². The molecule has 0 heteroatoms. The standard InChI is InChI=1S/C26H34/c1-15(2)21-11-9-19-13-20-10-12-22(16(3)4)26(18(7)8)24(20)14-23(19)25(21)17(5)6/h9-18H,1-8H3. The summed E-state index contributed by atoms with van der Waals surface area (Å²) in [5.41, 5.74) is 6.06. The van der Waals surface area contributed by atoms with Gasteiger partial charge in [-0.25, -0.2) is 0 Å². The van der Waals surface area contributed by atoms with Gasteiger partial charge in [-0.2, -0.15) is 0 Å². The summed E-state index contributed by atoms with van der Waals surface area (Å²) in [4.78, 5) is 0. The first-order valence-electron chi connectivity index (χ1n) is 10.2. The van der Waals surface area contributed by atoms with Crippen LogP contribution in [0.3, 0.4) is 0 Å². The average Bonchev–Trinajstić information content (AvgIpc) is 2.56. The normalized spacial score (nSPS) is 12.5. The third-order valence-electron chi connectivity index (χ3n) is 5.71. The number of rotatable bonds is 4. The molecule has 0 aliphatic heterocycles. The molecule has 0 heterocycles. The van der Waals surface area contributed by atoms with E-state index in [2.05, 4.69) is 91.8 Å². The molecular weight excluding hydrogens is 312 g/mol. The van der Waals surface area contributed by atoms with Gasteiger partial charge in [-0.3, -0.25) is 0 Å². The summed E-state index contributed by atoms with van der Waals surface area (Å²) in [6, 6.07) is 14.2. The molecule has 0 radical (unpaired) electrons. The van der Waals surface area contributed by atoms with Gasteiger partial charge in [0, 0.05) is 0 Å². The first-order chi connectivity index (χ1) is 12.2. The molecule has 0 fully saturated rings. The highest BCUT2D eigenvalue weighted by Gasteiger charge is 2.18. The van der Waals surface area contributed by atoms with Gasteiger partial charge in [0.15, 0.2) is 0 Å². The van der Waals surface area contributed by atoms with Crippen LogP contribution in [-0.2, 0) is 0 Å². The lowest BCUT2D eigenvalue weighted by molar-refractivity contribution is 0.796. The Morgan fingerprint density at radius 3 is 1.15 bits per heavy atom. The minimum atomic E-state index is 0.532. The van der Waals surface area contributed by atoms with Gasteiger partial charge in [0.05, 0.1) is 0 Å². The summed E-state index contributed by atoms with van der Waals surface area (Å²) in [5, 5.41) is 5.64. The van der Waals surface area contributed by atoms with E-state index in [4.69, 9.17) is 0 Å². The molecule has 3 rings (SSSR count). The van der Waals surface area contributed by atoms with Gasteiger partial charge < -0.3 is 0 Å². The smallest absolute Gasteiger partial charge is 0.0140 e. The van der Waals surface area contributed by atoms with Crippen molar-refractivity contribution in [3.63, 3.8) is 0 Å². The maximum absolute atomic E-state index is 2.49. The molecular formula is C26H34. The van der Waals surface area contributed by atoms with Crippen molar-refractivity contribution in [2.75, 3.05) is 0 Å². The predicted molar refractivity (Wildman–Crippen MR) is 118 cm³/mol. The summed E-state index contributed by atoms with van der Waals surface area (Å²) in [6.07, 6.45) is 0. The number of hydrogen-bond acceptors (Lipinski definition) is 0. The third kappa shape index (κ3) is 3.15. The fourth-order valence-electron chi connectivity index (χ4n) is 4.52. The second kappa shape index (κ2) is 7.06. The van der Waals surface area contributed by atoms with Crippen molar-refractivity contribution >= 4 is 21.5 Å². The molecule has 138 valence electrons. The van der Waals surface area contributed by atoms with Gasteiger partial charge in [-0.15, -0.1) is 0 Å². The van der Waals surface area contributed by atoms with Crippen molar-refractivity contribution in [1.82, 2.24) is 0 Å². The van der Waals surface area contributed by atoms with Crippen molar-refractivity contribution in [3.8, 4) is 0 Å². The van der Waals surface area contributed by atoms with Crippen LogP contribution in [0, 0.1) is 0 Å². The van der Waals surface area contributed by atoms with E-state index in [0.717, 1.165) is 0 Å². The first-order valence-corrected chi connectivity index (χ1v) is 10.2. The Labute approximate surface area is 159 Å². The van der Waals surface area contributed by atoms with E-state index in [9.17, 15) is 0 Å². The zero-order valence-electron chi connectivity index (χ0n) is 17.8. The molecule has 0 N–H and O–H groups in total. The van der Waals surface area contributed by atoms with E-state index in [1.807, 2.05) is 0 Å². The molecule has 0 atom stereocenters. The van der Waals surface area contributed by atoms with Crippen LogP contribution in [0.2, 0.25) is 0 Å². The van der Waals surface area contributed by atoms with Gasteiger partial charge >= 0.3 is 0 Å². The molecule has 0 saturated heterocycles. The van der Waals surface area contributed by atoms with E-state index in [-0.39, 0.29) is 0 Å². The summed E-state index contributed by atoms with van der Waals surface area (Å²) in [7, 11) is 0. The second-order valence-electron chi connectivity index (χ2n) is 9.05. The minimum Gasteiger partial charge on any atom is -0.0587 e. The van der Waals surface area contributed by atoms with Crippen LogP contribution in [0.25, 0.3) is 21.5 Å². The third-order valence-corrected chi connectivity index (χ3v) is 5.71. The molecule has 0 bridgehead atoms. The van der Waals surface area contributed by atoms with Crippen molar-refractivity contribution < 1.29 is 0 Å². The zero-order valence-corrected chi connectivity index (χ0v) is 17.8. The van der Waals surface area contributed by atoms with Crippen molar-refractivity contribution in [2.45, 2.75) is 79.1 Å². The van der Waals surface area contributed by atoms with Crippen LogP contribution in [0.5, 0.6) is 0 Å². The lowest BCUT2D eigenvalue weighted by Gasteiger charge is -2.22. The van der Waals surface area contributed by atoms with E-state index in [0.29, 0.717) is 23.7 Å². The van der Waals surface area contributed by atoms with Crippen molar-refractivity contribution in [3.05, 3.63) is 58.7 Å². The molecule has 0 spiro atoms. The fourth-order valence-corrected chi connectivity index (χ4v) is 4.52. The quantitative estimate of drug-likeness (QED) is 0.415. The number of benzene rings is 3. The summed E-state index contributed by atoms with van der Waals surface area (Å²) in [6.45, 7) is 18.6. The molecule has 0 amide bonds. The van der Waals surface area contributed by atoms with Crippen LogP contribution in [0.4, 0.5) is 0 Å². The maximum Gasteiger partial charge on any atom is -0.0140 e. The summed E-state index contributed by atoms with van der Waals surface area (Å²) < 4.78 is 0. The van der Waals surface area contributed by atoms with Gasteiger partial charge in [-0.1, -0.05) is 79.7 Å². The molecule has 0 unspecified atom stereocenters. The molecule has 26 heavy (non-hydrogen) atoms. The molecule has 0 aliphatic rings. The number of hydrogen-bond donors (Lipinski definition) is 0. The topological polar surface area (TPSA) is 0 Å². The Hall–Kier alpha value is -1.82. The van der Waals surface area contributed by atoms with Gasteiger partial charge in [-0.05, 0) is 79.6 Å². The second-order valence-corrected chi connectivity index (χ2v) is 9.05. The Morgan fingerprint density at radius 2 is 0.846 bits per heavy atom. The lowest BCUT2D eigenvalue weighted by atomic mass is 9.82. The summed E-state index contributed by atoms with van der Waals surface area (Å²) in [5.74, 6) is 2.17. The van der Waals surface area contributed by atoms with Crippen molar-refractivity contribution in [2.24, 2.45) is 0 Å². The Balaban J connectivity index is 2.47. The van der Waals surface area contributed by atoms with Crippen LogP contribution in [0.15, 0.2) is 36.4 Å². The SMILES string of the molecule is CC(C)c1ccc2cc3ccc(C(C)C)c(C(C)C)c3cc2c1C(C)C. The number of fused-ring (bicyclic) bond motifs is 2. The molecule has 3 aromatic carbocycles. The van der Waals surface area contributed by atoms with Gasteiger partial charge in [0.2, 0.25) is 0 Å². The van der Waals surface area contributed by atoms with E-state index < -0.39 is 0 Å². The first kappa shape index (κ1) is 19.0. The largest absolute Gasteiger partial charge is 0.0587 e. The molecule has 0 aliphatic carbocycles. The highest BCUT2D eigenvalue weighted by molar-refractivity contribution is 6.02. The molecule has 0 saturated carbocycles. The molecule has 3 aromatic rings. The Morgan fingerprint density at radius 1 is 0.462 bits per heavy atom. The van der Waals surface area contributed by atoms with E-state index in [1.165, 1.54) is 43.8 Å². The molecule has 0 aromatic heterocycles. The lowest BCUT2D eigenvalue weighted by Crippen LogP contribution is -2.02. The van der Waals surface area contributed by atoms with Crippen molar-refractivity contribution in [1.29, 1.82) is 0 Å². The minimum absolute atomic E-state index is 0.532. The maximum atomic E-state index is 2.49. The Kier molecular flexibility index (Phi) is 5.15. The van der Waals surface area contributed by atoms with Crippen LogP contribution in [-0.4, -0.2) is 0 Å². The highest BCUT2D eigenvalue weighted by atomic mass is 14.2. The van der Waals surface area contributed by atoms with E-state index in [1.54, 1.807) is 0 Å². The summed E-state index contributed by atoms with van der Waals surface area (Å²) >= 11 is 0. The van der Waals surface area contributed by atoms with Crippen LogP contribution >= 0.6 is 0 Å². The Bertz CT molecular complexity index is 864. The zero-order chi connectivity index (χ0) is 19.2. The molecule has 0 nitrogen and oxygen atoms in total. The van der Waals surface area contributed by atoms with Gasteiger partial charge in [0.1, 0.15) is 0 Å². The monoisotopic (exact) mass is 346 g/mol. The average molecular weight is 347 g/mol. The predicted octanol–water partition coefficient (Wildman–Crippen LogP) is 8.49.